The lowest BCUT2D eigenvalue weighted by Crippen LogP contribution is -2.21. The molecule has 0 radical (unpaired) electrons. The Balaban J connectivity index is 1.35. The molecule has 160 valence electrons. The molecule has 1 aromatic heterocycles. The predicted octanol–water partition coefficient (Wildman–Crippen LogP) is 3.87. The fourth-order valence-corrected chi connectivity index (χ4v) is 3.17. The Morgan fingerprint density at radius 3 is 2.16 bits per heavy atom. The Morgan fingerprint density at radius 1 is 0.844 bits per heavy atom. The number of hydrogen-bond acceptors (Lipinski definition) is 6. The second-order valence-corrected chi connectivity index (χ2v) is 7.01. The number of hydrogen-bond donors (Lipinski definition) is 0. The number of ketones is 1. The minimum absolute atomic E-state index is 0.0737. The molecule has 4 rings (SSSR count). The van der Waals surface area contributed by atoms with Crippen LogP contribution in [-0.2, 0) is 16.1 Å². The highest BCUT2D eigenvalue weighted by Crippen LogP contribution is 2.20. The van der Waals surface area contributed by atoms with Gasteiger partial charge in [-0.05, 0) is 29.8 Å². The van der Waals surface area contributed by atoms with Crippen molar-refractivity contribution in [3.63, 3.8) is 0 Å². The van der Waals surface area contributed by atoms with Crippen molar-refractivity contribution in [2.75, 3.05) is 6.61 Å². The monoisotopic (exact) mass is 427 g/mol. The molecule has 1 atom stereocenters. The smallest absolute Gasteiger partial charge is 0.344 e. The largest absolute Gasteiger partial charge is 0.482 e. The molecule has 7 nitrogen and oxygen atoms in total. The average molecular weight is 427 g/mol. The minimum atomic E-state index is -0.528. The maximum Gasteiger partial charge on any atom is 0.344 e. The molecule has 0 amide bonds. The summed E-state index contributed by atoms with van der Waals surface area (Å²) in [5.41, 5.74) is 2.01. The van der Waals surface area contributed by atoms with Crippen LogP contribution in [0.5, 0.6) is 5.75 Å². The van der Waals surface area contributed by atoms with Crippen molar-refractivity contribution < 1.29 is 19.1 Å². The van der Waals surface area contributed by atoms with Crippen molar-refractivity contribution in [2.24, 2.45) is 0 Å². The van der Waals surface area contributed by atoms with Gasteiger partial charge in [0.2, 0.25) is 0 Å². The van der Waals surface area contributed by atoms with E-state index in [1.807, 2.05) is 48.5 Å². The molecule has 0 aliphatic rings. The summed E-state index contributed by atoms with van der Waals surface area (Å²) in [6, 6.07) is 25.1. The van der Waals surface area contributed by atoms with Gasteiger partial charge in [-0.15, -0.1) is 0 Å². The van der Waals surface area contributed by atoms with E-state index in [4.69, 9.17) is 9.47 Å². The normalized spacial score (nSPS) is 11.5. The summed E-state index contributed by atoms with van der Waals surface area (Å²) in [5, 5.41) is 4.08. The SMILES string of the molecule is O=C(COc1ccc(C(=O)c2ccccc2)cc1)OC(Cn1cncn1)c1ccccc1. The van der Waals surface area contributed by atoms with E-state index in [0.29, 0.717) is 23.4 Å². The lowest BCUT2D eigenvalue weighted by atomic mass is 10.0. The summed E-state index contributed by atoms with van der Waals surface area (Å²) in [6.07, 6.45) is 2.47. The third-order valence-corrected chi connectivity index (χ3v) is 4.77. The second-order valence-electron chi connectivity index (χ2n) is 7.01. The predicted molar refractivity (Wildman–Crippen MR) is 117 cm³/mol. The van der Waals surface area contributed by atoms with Crippen molar-refractivity contribution in [3.8, 4) is 5.75 Å². The molecule has 3 aromatic carbocycles. The molecule has 4 aromatic rings. The first kappa shape index (κ1) is 21.0. The van der Waals surface area contributed by atoms with Crippen LogP contribution in [0, 0.1) is 0 Å². The molecule has 0 fully saturated rings. The first-order chi connectivity index (χ1) is 15.7. The molecule has 1 heterocycles. The number of benzene rings is 3. The highest BCUT2D eigenvalue weighted by molar-refractivity contribution is 6.08. The summed E-state index contributed by atoms with van der Waals surface area (Å²) < 4.78 is 12.8. The Labute approximate surface area is 185 Å². The highest BCUT2D eigenvalue weighted by Gasteiger charge is 2.18. The molecule has 0 aliphatic carbocycles. The van der Waals surface area contributed by atoms with E-state index in [0.717, 1.165) is 5.56 Å². The summed E-state index contributed by atoms with van der Waals surface area (Å²) >= 11 is 0. The lowest BCUT2D eigenvalue weighted by Gasteiger charge is -2.18. The summed E-state index contributed by atoms with van der Waals surface area (Å²) in [6.45, 7) is 0.0821. The van der Waals surface area contributed by atoms with E-state index in [-0.39, 0.29) is 12.4 Å². The van der Waals surface area contributed by atoms with Gasteiger partial charge in [0.15, 0.2) is 12.4 Å². The van der Waals surface area contributed by atoms with E-state index in [1.54, 1.807) is 47.4 Å². The number of carbonyl (C=O) groups is 2. The molecule has 0 N–H and O–H groups in total. The van der Waals surface area contributed by atoms with Gasteiger partial charge in [0.1, 0.15) is 24.5 Å². The van der Waals surface area contributed by atoms with Crippen molar-refractivity contribution in [1.82, 2.24) is 14.8 Å². The zero-order valence-corrected chi connectivity index (χ0v) is 17.2. The standard InChI is InChI=1S/C25H21N3O4/c29-24(32-23(15-28-18-26-17-27-28)19-7-3-1-4-8-19)16-31-22-13-11-21(12-14-22)25(30)20-9-5-2-6-10-20/h1-14,17-18,23H,15-16H2. The maximum atomic E-state index is 12.5. The Bertz CT molecular complexity index is 1150. The van der Waals surface area contributed by atoms with Crippen LogP contribution in [0.1, 0.15) is 27.6 Å². The van der Waals surface area contributed by atoms with Gasteiger partial charge in [-0.3, -0.25) is 4.79 Å². The number of esters is 1. The third-order valence-electron chi connectivity index (χ3n) is 4.77. The lowest BCUT2D eigenvalue weighted by molar-refractivity contribution is -0.152. The molecule has 1 unspecified atom stereocenters. The summed E-state index contributed by atoms with van der Waals surface area (Å²) in [5.74, 6) is -0.113. The molecule has 0 aliphatic heterocycles. The van der Waals surface area contributed by atoms with Crippen molar-refractivity contribution in [1.29, 1.82) is 0 Å². The zero-order valence-electron chi connectivity index (χ0n) is 17.2. The second kappa shape index (κ2) is 10.2. The van der Waals surface area contributed by atoms with E-state index < -0.39 is 12.1 Å². The maximum absolute atomic E-state index is 12.5. The number of ether oxygens (including phenoxy) is 2. The van der Waals surface area contributed by atoms with Crippen LogP contribution >= 0.6 is 0 Å². The van der Waals surface area contributed by atoms with Crippen LogP contribution in [0.15, 0.2) is 97.6 Å². The molecule has 0 spiro atoms. The minimum Gasteiger partial charge on any atom is -0.482 e. The third kappa shape index (κ3) is 5.46. The number of rotatable bonds is 9. The van der Waals surface area contributed by atoms with Crippen LogP contribution in [-0.4, -0.2) is 33.1 Å². The van der Waals surface area contributed by atoms with Gasteiger partial charge in [-0.2, -0.15) is 5.10 Å². The number of aromatic nitrogens is 3. The van der Waals surface area contributed by atoms with Gasteiger partial charge >= 0.3 is 5.97 Å². The fraction of sp³-hybridized carbons (Fsp3) is 0.120. The molecule has 0 saturated heterocycles. The van der Waals surface area contributed by atoms with Crippen LogP contribution < -0.4 is 4.74 Å². The average Bonchev–Trinajstić information content (AvgIpc) is 3.36. The van der Waals surface area contributed by atoms with Gasteiger partial charge in [0.25, 0.3) is 0 Å². The van der Waals surface area contributed by atoms with Gasteiger partial charge in [0.05, 0.1) is 6.54 Å². The number of nitrogens with zero attached hydrogens (tertiary/aromatic N) is 3. The first-order valence-electron chi connectivity index (χ1n) is 10.1. The molecule has 0 bridgehead atoms. The molecule has 7 heteroatoms. The summed E-state index contributed by atoms with van der Waals surface area (Å²) in [7, 11) is 0. The fourth-order valence-electron chi connectivity index (χ4n) is 3.17. The van der Waals surface area contributed by atoms with E-state index >= 15 is 0 Å². The zero-order chi connectivity index (χ0) is 22.2. The van der Waals surface area contributed by atoms with Crippen molar-refractivity contribution in [3.05, 3.63) is 114 Å². The Kier molecular flexibility index (Phi) is 6.67. The molecule has 32 heavy (non-hydrogen) atoms. The van der Waals surface area contributed by atoms with Crippen LogP contribution in [0.2, 0.25) is 0 Å². The van der Waals surface area contributed by atoms with Gasteiger partial charge in [0, 0.05) is 11.1 Å². The van der Waals surface area contributed by atoms with E-state index in [2.05, 4.69) is 10.1 Å². The van der Waals surface area contributed by atoms with E-state index in [9.17, 15) is 9.59 Å². The summed E-state index contributed by atoms with van der Waals surface area (Å²) in [4.78, 5) is 28.9. The van der Waals surface area contributed by atoms with Crippen molar-refractivity contribution >= 4 is 11.8 Å². The number of carbonyl (C=O) groups excluding carboxylic acids is 2. The highest BCUT2D eigenvalue weighted by atomic mass is 16.6. The van der Waals surface area contributed by atoms with E-state index in [1.165, 1.54) is 6.33 Å². The quantitative estimate of drug-likeness (QED) is 0.298. The van der Waals surface area contributed by atoms with Gasteiger partial charge in [-0.1, -0.05) is 60.7 Å². The Hall–Kier alpha value is -4.26. The first-order valence-corrected chi connectivity index (χ1v) is 10.1. The molecular formula is C25H21N3O4. The topological polar surface area (TPSA) is 83.3 Å². The van der Waals surface area contributed by atoms with Crippen LogP contribution in [0.4, 0.5) is 0 Å². The molecule has 0 saturated carbocycles. The molecular weight excluding hydrogens is 406 g/mol. The van der Waals surface area contributed by atoms with Crippen molar-refractivity contribution in [2.45, 2.75) is 12.6 Å². The van der Waals surface area contributed by atoms with Gasteiger partial charge in [-0.25, -0.2) is 14.5 Å². The van der Waals surface area contributed by atoms with Gasteiger partial charge < -0.3 is 9.47 Å². The van der Waals surface area contributed by atoms with Crippen LogP contribution in [0.25, 0.3) is 0 Å². The van der Waals surface area contributed by atoms with Crippen LogP contribution in [0.3, 0.4) is 0 Å². The Morgan fingerprint density at radius 2 is 1.50 bits per heavy atom.